The summed E-state index contributed by atoms with van der Waals surface area (Å²) in [5, 5.41) is 1.80. The standard InChI is InChI=1S/C12H7BrCl3NO2S/c1-17-5-6(4-8(17)11(19)12(14,15)16)9(18)10-7(13)2-3-20-10/h2-5H,1H3. The van der Waals surface area contributed by atoms with Crippen LogP contribution in [0.4, 0.5) is 0 Å². The molecule has 0 aromatic carbocycles. The van der Waals surface area contributed by atoms with Crippen LogP contribution >= 0.6 is 62.1 Å². The van der Waals surface area contributed by atoms with Crippen LogP contribution in [-0.4, -0.2) is 19.9 Å². The lowest BCUT2D eigenvalue weighted by atomic mass is 10.1. The second kappa shape index (κ2) is 5.81. The molecule has 0 saturated heterocycles. The van der Waals surface area contributed by atoms with E-state index in [1.165, 1.54) is 28.2 Å². The summed E-state index contributed by atoms with van der Waals surface area (Å²) in [6.07, 6.45) is 1.54. The summed E-state index contributed by atoms with van der Waals surface area (Å²) in [6, 6.07) is 3.22. The maximum absolute atomic E-state index is 12.3. The first-order valence-electron chi connectivity index (χ1n) is 5.27. The molecule has 0 atom stereocenters. The zero-order chi connectivity index (χ0) is 15.1. The van der Waals surface area contributed by atoms with Crippen LogP contribution in [0, 0.1) is 0 Å². The number of hydrogen-bond acceptors (Lipinski definition) is 3. The summed E-state index contributed by atoms with van der Waals surface area (Å²) in [6.45, 7) is 0. The highest BCUT2D eigenvalue weighted by Gasteiger charge is 2.34. The first-order chi connectivity index (χ1) is 9.21. The van der Waals surface area contributed by atoms with Gasteiger partial charge >= 0.3 is 0 Å². The van der Waals surface area contributed by atoms with E-state index in [9.17, 15) is 9.59 Å². The monoisotopic (exact) mass is 413 g/mol. The van der Waals surface area contributed by atoms with E-state index in [1.54, 1.807) is 18.5 Å². The van der Waals surface area contributed by atoms with Crippen molar-refractivity contribution < 1.29 is 9.59 Å². The fraction of sp³-hybridized carbons (Fsp3) is 0.167. The third-order valence-corrected chi connectivity index (χ3v) is 4.93. The van der Waals surface area contributed by atoms with Crippen LogP contribution in [-0.2, 0) is 7.05 Å². The Hall–Kier alpha value is -0.330. The van der Waals surface area contributed by atoms with Gasteiger partial charge in [-0.3, -0.25) is 9.59 Å². The summed E-state index contributed by atoms with van der Waals surface area (Å²) in [7, 11) is 1.61. The molecule has 0 unspecified atom stereocenters. The van der Waals surface area contributed by atoms with Crippen molar-refractivity contribution in [3.63, 3.8) is 0 Å². The van der Waals surface area contributed by atoms with Gasteiger partial charge in [0.05, 0.1) is 10.6 Å². The molecule has 0 bridgehead atoms. The summed E-state index contributed by atoms with van der Waals surface area (Å²) in [4.78, 5) is 24.8. The summed E-state index contributed by atoms with van der Waals surface area (Å²) in [5.74, 6) is -0.861. The maximum Gasteiger partial charge on any atom is 0.255 e. The van der Waals surface area contributed by atoms with Crippen LogP contribution in [0.3, 0.4) is 0 Å². The molecule has 2 aromatic rings. The summed E-state index contributed by atoms with van der Waals surface area (Å²) < 4.78 is 0.139. The minimum absolute atomic E-state index is 0.168. The van der Waals surface area contributed by atoms with E-state index in [2.05, 4.69) is 15.9 Å². The fourth-order valence-electron chi connectivity index (χ4n) is 1.65. The van der Waals surface area contributed by atoms with E-state index >= 15 is 0 Å². The number of thiophene rings is 1. The van der Waals surface area contributed by atoms with Crippen molar-refractivity contribution in [2.75, 3.05) is 0 Å². The van der Waals surface area contributed by atoms with Gasteiger partial charge in [0.25, 0.3) is 3.79 Å². The van der Waals surface area contributed by atoms with E-state index in [0.717, 1.165) is 0 Å². The van der Waals surface area contributed by atoms with Crippen molar-refractivity contribution >= 4 is 73.6 Å². The molecule has 20 heavy (non-hydrogen) atoms. The molecule has 2 aromatic heterocycles. The third-order valence-electron chi connectivity index (χ3n) is 2.58. The van der Waals surface area contributed by atoms with Gasteiger partial charge in [-0.25, -0.2) is 0 Å². The highest BCUT2D eigenvalue weighted by atomic mass is 79.9. The highest BCUT2D eigenvalue weighted by Crippen LogP contribution is 2.32. The van der Waals surface area contributed by atoms with Crippen molar-refractivity contribution in [2.24, 2.45) is 7.05 Å². The normalized spacial score (nSPS) is 11.7. The summed E-state index contributed by atoms with van der Waals surface area (Å²) >= 11 is 21.4. The molecule has 0 aliphatic rings. The maximum atomic E-state index is 12.3. The molecule has 0 spiro atoms. The Balaban J connectivity index is 2.40. The Morgan fingerprint density at radius 2 is 2.00 bits per heavy atom. The van der Waals surface area contributed by atoms with Crippen LogP contribution < -0.4 is 0 Å². The first kappa shape index (κ1) is 16.0. The van der Waals surface area contributed by atoms with Crippen molar-refractivity contribution in [1.29, 1.82) is 0 Å². The molecule has 0 N–H and O–H groups in total. The number of halogens is 4. The number of nitrogens with zero attached hydrogens (tertiary/aromatic N) is 1. The Morgan fingerprint density at radius 3 is 2.50 bits per heavy atom. The number of Topliss-reactive ketones (excluding diaryl/α,β-unsaturated/α-hetero) is 1. The van der Waals surface area contributed by atoms with Gasteiger partial charge in [0, 0.05) is 23.3 Å². The fourth-order valence-corrected chi connectivity index (χ4v) is 3.45. The molecule has 2 heterocycles. The second-order valence-electron chi connectivity index (χ2n) is 3.98. The molecule has 0 amide bonds. The number of ketones is 2. The van der Waals surface area contributed by atoms with Crippen LogP contribution in [0.15, 0.2) is 28.2 Å². The van der Waals surface area contributed by atoms with Gasteiger partial charge in [-0.1, -0.05) is 34.8 Å². The van der Waals surface area contributed by atoms with Gasteiger partial charge in [0.1, 0.15) is 0 Å². The SMILES string of the molecule is Cn1cc(C(=O)c2sccc2Br)cc1C(=O)C(Cl)(Cl)Cl. The van der Waals surface area contributed by atoms with Gasteiger partial charge in [-0.15, -0.1) is 11.3 Å². The molecule has 0 saturated carbocycles. The number of rotatable bonds is 3. The quantitative estimate of drug-likeness (QED) is 0.541. The number of carbonyl (C=O) groups excluding carboxylic acids is 2. The predicted molar refractivity (Wildman–Crippen MR) is 85.5 cm³/mol. The largest absolute Gasteiger partial charge is 0.347 e. The Morgan fingerprint density at radius 1 is 1.35 bits per heavy atom. The highest BCUT2D eigenvalue weighted by molar-refractivity contribution is 9.10. The molecule has 0 fully saturated rings. The molecular formula is C12H7BrCl3NO2S. The van der Waals surface area contributed by atoms with Crippen LogP contribution in [0.1, 0.15) is 25.7 Å². The molecule has 0 aliphatic carbocycles. The minimum Gasteiger partial charge on any atom is -0.347 e. The molecule has 2 rings (SSSR count). The topological polar surface area (TPSA) is 39.1 Å². The number of aromatic nitrogens is 1. The van der Waals surface area contributed by atoms with Gasteiger partial charge in [-0.2, -0.15) is 0 Å². The number of alkyl halides is 3. The van der Waals surface area contributed by atoms with Gasteiger partial charge in [0.2, 0.25) is 11.6 Å². The molecule has 3 nitrogen and oxygen atoms in total. The average molecular weight is 416 g/mol. The summed E-state index contributed by atoms with van der Waals surface area (Å²) in [5.41, 5.74) is 0.536. The van der Waals surface area contributed by atoms with Crippen molar-refractivity contribution in [3.05, 3.63) is 44.3 Å². The van der Waals surface area contributed by atoms with Gasteiger partial charge in [-0.05, 0) is 33.4 Å². The van der Waals surface area contributed by atoms with Crippen LogP contribution in [0.2, 0.25) is 0 Å². The number of carbonyl (C=O) groups is 2. The van der Waals surface area contributed by atoms with Crippen molar-refractivity contribution in [2.45, 2.75) is 3.79 Å². The van der Waals surface area contributed by atoms with Crippen molar-refractivity contribution in [3.8, 4) is 0 Å². The third kappa shape index (κ3) is 3.12. The Kier molecular flexibility index (Phi) is 4.66. The van der Waals surface area contributed by atoms with E-state index < -0.39 is 9.58 Å². The van der Waals surface area contributed by atoms with E-state index in [-0.39, 0.29) is 11.5 Å². The first-order valence-corrected chi connectivity index (χ1v) is 8.08. The van der Waals surface area contributed by atoms with Gasteiger partial charge < -0.3 is 4.57 Å². The average Bonchev–Trinajstić information content (AvgIpc) is 2.92. The van der Waals surface area contributed by atoms with Crippen LogP contribution in [0.25, 0.3) is 0 Å². The van der Waals surface area contributed by atoms with E-state index in [1.807, 2.05) is 0 Å². The van der Waals surface area contributed by atoms with E-state index in [0.29, 0.717) is 14.9 Å². The second-order valence-corrected chi connectivity index (χ2v) is 8.03. The Labute approximate surface area is 142 Å². The van der Waals surface area contributed by atoms with E-state index in [4.69, 9.17) is 34.8 Å². The molecule has 0 aliphatic heterocycles. The lowest BCUT2D eigenvalue weighted by Crippen LogP contribution is -2.21. The minimum atomic E-state index is -2.05. The zero-order valence-electron chi connectivity index (χ0n) is 9.99. The lowest BCUT2D eigenvalue weighted by molar-refractivity contribution is 0.0988. The molecule has 106 valence electrons. The predicted octanol–water partition coefficient (Wildman–Crippen LogP) is 4.63. The Bertz CT molecular complexity index is 687. The van der Waals surface area contributed by atoms with Gasteiger partial charge in [0.15, 0.2) is 0 Å². The molecule has 8 heteroatoms. The smallest absolute Gasteiger partial charge is 0.255 e. The van der Waals surface area contributed by atoms with Crippen LogP contribution in [0.5, 0.6) is 0 Å². The zero-order valence-corrected chi connectivity index (χ0v) is 14.7. The molecular weight excluding hydrogens is 408 g/mol. The molecule has 0 radical (unpaired) electrons. The number of aryl methyl sites for hydroxylation is 1. The number of hydrogen-bond donors (Lipinski definition) is 0. The van der Waals surface area contributed by atoms with Crippen molar-refractivity contribution in [1.82, 2.24) is 4.57 Å². The lowest BCUT2D eigenvalue weighted by Gasteiger charge is -2.09.